The molecule has 0 aromatic heterocycles. The first-order chi connectivity index (χ1) is 10.2. The first kappa shape index (κ1) is 14.9. The summed E-state index contributed by atoms with van der Waals surface area (Å²) in [6.45, 7) is 8.26. The summed E-state index contributed by atoms with van der Waals surface area (Å²) in [7, 11) is 0. The van der Waals surface area contributed by atoms with E-state index in [0.717, 1.165) is 31.0 Å². The minimum Gasteiger partial charge on any atom is -0.370 e. The minimum absolute atomic E-state index is 0.746. The second kappa shape index (κ2) is 6.83. The largest absolute Gasteiger partial charge is 0.370 e. The van der Waals surface area contributed by atoms with Gasteiger partial charge in [0.2, 0.25) is 0 Å². The Morgan fingerprint density at radius 3 is 2.81 bits per heavy atom. The number of fused-ring (bicyclic) bond motifs is 1. The first-order valence-electron chi connectivity index (χ1n) is 8.80. The van der Waals surface area contributed by atoms with Gasteiger partial charge in [-0.25, -0.2) is 0 Å². The molecule has 2 nitrogen and oxygen atoms in total. The Balaban J connectivity index is 1.55. The Labute approximate surface area is 129 Å². The van der Waals surface area contributed by atoms with Crippen molar-refractivity contribution in [1.82, 2.24) is 5.32 Å². The van der Waals surface area contributed by atoms with Crippen molar-refractivity contribution in [3.63, 3.8) is 0 Å². The number of benzene rings is 1. The number of anilines is 1. The molecule has 1 N–H and O–H groups in total. The maximum Gasteiger partial charge on any atom is 0.0399 e. The van der Waals surface area contributed by atoms with Crippen molar-refractivity contribution < 1.29 is 0 Å². The maximum absolute atomic E-state index is 3.82. The molecular weight excluding hydrogens is 256 g/mol. The van der Waals surface area contributed by atoms with Gasteiger partial charge in [0, 0.05) is 31.4 Å². The van der Waals surface area contributed by atoms with E-state index in [1.54, 1.807) is 0 Å². The van der Waals surface area contributed by atoms with E-state index in [0.29, 0.717) is 0 Å². The molecule has 1 aromatic carbocycles. The van der Waals surface area contributed by atoms with Crippen LogP contribution in [-0.4, -0.2) is 25.7 Å². The molecule has 0 spiro atoms. The zero-order chi connectivity index (χ0) is 14.7. The van der Waals surface area contributed by atoms with Crippen LogP contribution in [0.5, 0.6) is 0 Å². The van der Waals surface area contributed by atoms with Gasteiger partial charge in [-0.2, -0.15) is 0 Å². The van der Waals surface area contributed by atoms with E-state index in [2.05, 4.69) is 48.3 Å². The molecule has 1 saturated carbocycles. The fourth-order valence-electron chi connectivity index (χ4n) is 4.12. The van der Waals surface area contributed by atoms with Gasteiger partial charge in [0.25, 0.3) is 0 Å². The van der Waals surface area contributed by atoms with Gasteiger partial charge in [-0.05, 0) is 42.7 Å². The van der Waals surface area contributed by atoms with Gasteiger partial charge in [-0.3, -0.25) is 0 Å². The molecule has 0 bridgehead atoms. The molecule has 3 unspecified atom stereocenters. The van der Waals surface area contributed by atoms with Crippen LogP contribution in [-0.2, 0) is 6.42 Å². The van der Waals surface area contributed by atoms with Crippen LogP contribution in [0.2, 0.25) is 0 Å². The monoisotopic (exact) mass is 286 g/mol. The van der Waals surface area contributed by atoms with Gasteiger partial charge < -0.3 is 10.2 Å². The van der Waals surface area contributed by atoms with Crippen LogP contribution in [0.4, 0.5) is 5.69 Å². The van der Waals surface area contributed by atoms with Gasteiger partial charge >= 0.3 is 0 Å². The Morgan fingerprint density at radius 2 is 1.95 bits per heavy atom. The van der Waals surface area contributed by atoms with Crippen molar-refractivity contribution in [2.24, 2.45) is 11.8 Å². The molecule has 21 heavy (non-hydrogen) atoms. The van der Waals surface area contributed by atoms with E-state index in [-0.39, 0.29) is 0 Å². The molecule has 1 aromatic rings. The first-order valence-corrected chi connectivity index (χ1v) is 8.80. The lowest BCUT2D eigenvalue weighted by atomic mass is 9.86. The molecule has 0 amide bonds. The average Bonchev–Trinajstić information content (AvgIpc) is 2.49. The fraction of sp³-hybridized carbons (Fsp3) is 0.684. The highest BCUT2D eigenvalue weighted by atomic mass is 15.2. The summed E-state index contributed by atoms with van der Waals surface area (Å²) in [6, 6.07) is 9.70. The van der Waals surface area contributed by atoms with Gasteiger partial charge in [0.05, 0.1) is 0 Å². The van der Waals surface area contributed by atoms with Crippen LogP contribution in [0.1, 0.15) is 45.1 Å². The predicted octanol–water partition coefficient (Wildman–Crippen LogP) is 3.85. The molecule has 0 saturated heterocycles. The second-order valence-electron chi connectivity index (χ2n) is 7.21. The van der Waals surface area contributed by atoms with Gasteiger partial charge in [0.1, 0.15) is 0 Å². The van der Waals surface area contributed by atoms with Crippen molar-refractivity contribution in [3.05, 3.63) is 29.8 Å². The van der Waals surface area contributed by atoms with Crippen molar-refractivity contribution in [1.29, 1.82) is 0 Å². The summed E-state index contributed by atoms with van der Waals surface area (Å²) in [5.41, 5.74) is 3.00. The number of hydrogen-bond acceptors (Lipinski definition) is 2. The summed E-state index contributed by atoms with van der Waals surface area (Å²) in [5.74, 6) is 1.62. The number of rotatable bonds is 4. The standard InChI is InChI=1S/C19H30N2/c1-15-13-17-8-4-6-10-19(17)21(14-15)12-11-20-18-9-5-3-7-16(18)2/h4,6,8,10,15-16,18,20H,3,5,7,9,11-14H2,1-2H3. The lowest BCUT2D eigenvalue weighted by Gasteiger charge is -2.36. The van der Waals surface area contributed by atoms with Gasteiger partial charge in [0.15, 0.2) is 0 Å². The van der Waals surface area contributed by atoms with Crippen LogP contribution >= 0.6 is 0 Å². The van der Waals surface area contributed by atoms with E-state index in [4.69, 9.17) is 0 Å². The zero-order valence-electron chi connectivity index (χ0n) is 13.6. The summed E-state index contributed by atoms with van der Waals surface area (Å²) in [4.78, 5) is 2.59. The molecule has 0 radical (unpaired) electrons. The Morgan fingerprint density at radius 1 is 1.14 bits per heavy atom. The number of hydrogen-bond donors (Lipinski definition) is 1. The third kappa shape index (κ3) is 3.60. The highest BCUT2D eigenvalue weighted by Crippen LogP contribution is 2.29. The number of nitrogens with one attached hydrogen (secondary N) is 1. The van der Waals surface area contributed by atoms with Crippen LogP contribution < -0.4 is 10.2 Å². The quantitative estimate of drug-likeness (QED) is 0.904. The van der Waals surface area contributed by atoms with Crippen LogP contribution in [0.3, 0.4) is 0 Å². The second-order valence-corrected chi connectivity index (χ2v) is 7.21. The SMILES string of the molecule is CC1Cc2ccccc2N(CCNC2CCCCC2C)C1. The lowest BCUT2D eigenvalue weighted by molar-refractivity contribution is 0.282. The highest BCUT2D eigenvalue weighted by molar-refractivity contribution is 5.55. The lowest BCUT2D eigenvalue weighted by Crippen LogP contribution is -2.43. The Bertz CT molecular complexity index is 457. The zero-order valence-corrected chi connectivity index (χ0v) is 13.6. The van der Waals surface area contributed by atoms with E-state index < -0.39 is 0 Å². The topological polar surface area (TPSA) is 15.3 Å². The molecule has 2 aliphatic rings. The van der Waals surface area contributed by atoms with Crippen molar-refractivity contribution in [2.45, 2.75) is 52.0 Å². The molecular formula is C19H30N2. The third-order valence-electron chi connectivity index (χ3n) is 5.33. The van der Waals surface area contributed by atoms with Crippen molar-refractivity contribution >= 4 is 5.69 Å². The number of nitrogens with zero attached hydrogens (tertiary/aromatic N) is 1. The summed E-state index contributed by atoms with van der Waals surface area (Å²) >= 11 is 0. The summed E-state index contributed by atoms with van der Waals surface area (Å²) in [6.07, 6.45) is 6.84. The van der Waals surface area contributed by atoms with E-state index >= 15 is 0 Å². The normalized spacial score (nSPS) is 29.2. The highest BCUT2D eigenvalue weighted by Gasteiger charge is 2.23. The third-order valence-corrected chi connectivity index (χ3v) is 5.33. The smallest absolute Gasteiger partial charge is 0.0399 e. The molecule has 3 atom stereocenters. The Hall–Kier alpha value is -1.02. The summed E-state index contributed by atoms with van der Waals surface area (Å²) < 4.78 is 0. The average molecular weight is 286 g/mol. The van der Waals surface area contributed by atoms with Crippen LogP contribution in [0.25, 0.3) is 0 Å². The maximum atomic E-state index is 3.82. The minimum atomic E-state index is 0.746. The molecule has 1 fully saturated rings. The summed E-state index contributed by atoms with van der Waals surface area (Å²) in [5, 5.41) is 3.82. The molecule has 1 aliphatic heterocycles. The van der Waals surface area contributed by atoms with Crippen LogP contribution in [0, 0.1) is 11.8 Å². The molecule has 1 aliphatic carbocycles. The van der Waals surface area contributed by atoms with Crippen LogP contribution in [0.15, 0.2) is 24.3 Å². The number of para-hydroxylation sites is 1. The Kier molecular flexibility index (Phi) is 4.84. The predicted molar refractivity (Wildman–Crippen MR) is 90.9 cm³/mol. The fourth-order valence-corrected chi connectivity index (χ4v) is 4.12. The van der Waals surface area contributed by atoms with Crippen molar-refractivity contribution in [2.75, 3.05) is 24.5 Å². The van der Waals surface area contributed by atoms with Crippen molar-refractivity contribution in [3.8, 4) is 0 Å². The van der Waals surface area contributed by atoms with E-state index in [9.17, 15) is 0 Å². The molecule has 116 valence electrons. The van der Waals surface area contributed by atoms with E-state index in [1.165, 1.54) is 49.9 Å². The van der Waals surface area contributed by atoms with Gasteiger partial charge in [-0.1, -0.05) is 44.9 Å². The van der Waals surface area contributed by atoms with Gasteiger partial charge in [-0.15, -0.1) is 0 Å². The van der Waals surface area contributed by atoms with E-state index in [1.807, 2.05) is 0 Å². The molecule has 3 rings (SSSR count). The molecule has 2 heteroatoms. The molecule has 1 heterocycles.